The van der Waals surface area contributed by atoms with Crippen LogP contribution in [0, 0.1) is 5.92 Å². The molecule has 0 aromatic carbocycles. The Bertz CT molecular complexity index is 267. The van der Waals surface area contributed by atoms with Crippen molar-refractivity contribution in [1.29, 1.82) is 0 Å². The van der Waals surface area contributed by atoms with Crippen molar-refractivity contribution < 1.29 is 9.90 Å². The van der Waals surface area contributed by atoms with E-state index < -0.39 is 0 Å². The molecule has 3 nitrogen and oxygen atoms in total. The lowest BCUT2D eigenvalue weighted by molar-refractivity contribution is -0.123. The Morgan fingerprint density at radius 3 is 2.65 bits per heavy atom. The van der Waals surface area contributed by atoms with E-state index in [9.17, 15) is 9.90 Å². The van der Waals surface area contributed by atoms with Gasteiger partial charge in [-0.1, -0.05) is 19.3 Å². The minimum absolute atomic E-state index is 0.178. The first kappa shape index (κ1) is 13.0. The van der Waals surface area contributed by atoms with Gasteiger partial charge in [0.25, 0.3) is 0 Å². The number of rotatable bonds is 2. The second-order valence-corrected chi connectivity index (χ2v) is 5.72. The summed E-state index contributed by atoms with van der Waals surface area (Å²) in [5.74, 6) is 0.525. The summed E-state index contributed by atoms with van der Waals surface area (Å²) in [6, 6.07) is 0.305. The van der Waals surface area contributed by atoms with Crippen molar-refractivity contribution in [2.45, 2.75) is 64.0 Å². The number of Topliss-reactive ketones (excluding diaryl/α,β-unsaturated/α-hetero) is 1. The Morgan fingerprint density at radius 2 is 1.88 bits per heavy atom. The van der Waals surface area contributed by atoms with E-state index in [0.29, 0.717) is 11.8 Å². The fourth-order valence-corrected chi connectivity index (χ4v) is 3.33. The molecule has 98 valence electrons. The molecule has 1 aliphatic carbocycles. The van der Waals surface area contributed by atoms with E-state index in [1.54, 1.807) is 6.92 Å². The van der Waals surface area contributed by atoms with Crippen molar-refractivity contribution in [2.75, 3.05) is 13.1 Å². The van der Waals surface area contributed by atoms with Gasteiger partial charge in [0, 0.05) is 18.5 Å². The molecule has 2 fully saturated rings. The monoisotopic (exact) mass is 239 g/mol. The number of hydrogen-bond donors (Lipinski definition) is 1. The lowest BCUT2D eigenvalue weighted by atomic mass is 9.91. The van der Waals surface area contributed by atoms with Crippen LogP contribution in [0.15, 0.2) is 0 Å². The summed E-state index contributed by atoms with van der Waals surface area (Å²) in [6.45, 7) is 3.64. The number of hydrogen-bond acceptors (Lipinski definition) is 3. The van der Waals surface area contributed by atoms with Crippen LogP contribution < -0.4 is 0 Å². The van der Waals surface area contributed by atoms with Gasteiger partial charge in [0.15, 0.2) is 0 Å². The quantitative estimate of drug-likeness (QED) is 0.749. The summed E-state index contributed by atoms with van der Waals surface area (Å²) in [6.07, 6.45) is 7.63. The first-order chi connectivity index (χ1) is 8.18. The molecule has 3 atom stereocenters. The van der Waals surface area contributed by atoms with E-state index in [2.05, 4.69) is 4.90 Å². The second-order valence-electron chi connectivity index (χ2n) is 5.72. The number of piperidine rings is 1. The normalized spacial score (nSPS) is 36.5. The zero-order valence-electron chi connectivity index (χ0n) is 10.9. The summed E-state index contributed by atoms with van der Waals surface area (Å²) in [4.78, 5) is 13.9. The average molecular weight is 239 g/mol. The molecule has 0 spiro atoms. The molecule has 1 N–H and O–H groups in total. The molecule has 3 heteroatoms. The van der Waals surface area contributed by atoms with Crippen LogP contribution in [0.5, 0.6) is 0 Å². The largest absolute Gasteiger partial charge is 0.391 e. The van der Waals surface area contributed by atoms with E-state index in [1.807, 2.05) is 0 Å². The zero-order chi connectivity index (χ0) is 12.3. The molecule has 0 aromatic rings. The predicted molar refractivity (Wildman–Crippen MR) is 67.9 cm³/mol. The summed E-state index contributed by atoms with van der Waals surface area (Å²) in [7, 11) is 0. The van der Waals surface area contributed by atoms with Crippen LogP contribution in [0.1, 0.15) is 51.9 Å². The van der Waals surface area contributed by atoms with E-state index >= 15 is 0 Å². The maximum atomic E-state index is 11.5. The molecule has 1 heterocycles. The minimum Gasteiger partial charge on any atom is -0.391 e. The van der Waals surface area contributed by atoms with Crippen LogP contribution in [0.2, 0.25) is 0 Å². The van der Waals surface area contributed by atoms with Gasteiger partial charge in [-0.15, -0.1) is 0 Å². The van der Waals surface area contributed by atoms with Gasteiger partial charge in [0.05, 0.1) is 6.10 Å². The van der Waals surface area contributed by atoms with Crippen LogP contribution in [0.4, 0.5) is 0 Å². The minimum atomic E-state index is -0.178. The van der Waals surface area contributed by atoms with Crippen LogP contribution in [0.25, 0.3) is 0 Å². The second kappa shape index (κ2) is 5.96. The van der Waals surface area contributed by atoms with E-state index in [0.717, 1.165) is 45.2 Å². The predicted octanol–water partition coefficient (Wildman–Crippen LogP) is 1.98. The molecule has 1 saturated heterocycles. The maximum Gasteiger partial charge on any atom is 0.134 e. The molecule has 17 heavy (non-hydrogen) atoms. The van der Waals surface area contributed by atoms with Gasteiger partial charge in [-0.2, -0.15) is 0 Å². The number of likely N-dealkylation sites (tertiary alicyclic amines) is 1. The Labute approximate surface area is 104 Å². The fraction of sp³-hybridized carbons (Fsp3) is 0.929. The van der Waals surface area contributed by atoms with Gasteiger partial charge >= 0.3 is 0 Å². The number of aliphatic hydroxyl groups is 1. The van der Waals surface area contributed by atoms with Crippen molar-refractivity contribution in [2.24, 2.45) is 5.92 Å². The van der Waals surface area contributed by atoms with Gasteiger partial charge in [0.1, 0.15) is 5.78 Å². The van der Waals surface area contributed by atoms with Crippen molar-refractivity contribution in [1.82, 2.24) is 4.90 Å². The topological polar surface area (TPSA) is 40.5 Å². The Kier molecular flexibility index (Phi) is 4.57. The molecule has 0 radical (unpaired) electrons. The van der Waals surface area contributed by atoms with Crippen molar-refractivity contribution in [3.63, 3.8) is 0 Å². The molecule has 1 aliphatic heterocycles. The van der Waals surface area contributed by atoms with Crippen molar-refractivity contribution in [3.8, 4) is 0 Å². The van der Waals surface area contributed by atoms with Crippen LogP contribution >= 0.6 is 0 Å². The highest BCUT2D eigenvalue weighted by Crippen LogP contribution is 2.27. The smallest absolute Gasteiger partial charge is 0.134 e. The van der Waals surface area contributed by atoms with Gasteiger partial charge < -0.3 is 5.11 Å². The Hall–Kier alpha value is -0.410. The van der Waals surface area contributed by atoms with E-state index in [-0.39, 0.29) is 12.0 Å². The summed E-state index contributed by atoms with van der Waals surface area (Å²) >= 11 is 0. The van der Waals surface area contributed by atoms with Crippen LogP contribution in [-0.2, 0) is 4.79 Å². The highest BCUT2D eigenvalue weighted by molar-refractivity contribution is 5.78. The van der Waals surface area contributed by atoms with E-state index in [1.165, 1.54) is 12.8 Å². The fourth-order valence-electron chi connectivity index (χ4n) is 3.33. The van der Waals surface area contributed by atoms with Crippen molar-refractivity contribution in [3.05, 3.63) is 0 Å². The summed E-state index contributed by atoms with van der Waals surface area (Å²) in [5.41, 5.74) is 0. The first-order valence-electron chi connectivity index (χ1n) is 7.11. The highest BCUT2D eigenvalue weighted by atomic mass is 16.3. The Morgan fingerprint density at radius 1 is 1.12 bits per heavy atom. The number of carbonyl (C=O) groups excluding carboxylic acids is 1. The molecule has 2 rings (SSSR count). The van der Waals surface area contributed by atoms with Gasteiger partial charge in [-0.3, -0.25) is 9.69 Å². The van der Waals surface area contributed by atoms with E-state index in [4.69, 9.17) is 0 Å². The summed E-state index contributed by atoms with van der Waals surface area (Å²) in [5, 5.41) is 10.2. The van der Waals surface area contributed by atoms with Gasteiger partial charge in [-0.05, 0) is 39.2 Å². The molecule has 3 unspecified atom stereocenters. The molecular weight excluding hydrogens is 214 g/mol. The number of aliphatic hydroxyl groups excluding tert-OH is 1. The van der Waals surface area contributed by atoms with Gasteiger partial charge in [-0.25, -0.2) is 0 Å². The number of nitrogens with zero attached hydrogens (tertiary/aromatic N) is 1. The molecule has 0 aromatic heterocycles. The standard InChI is InChI=1S/C14H25NO2/c1-11(16)12-6-5-9-15(10-12)13-7-3-2-4-8-14(13)17/h12-14,17H,2-10H2,1H3. The first-order valence-corrected chi connectivity index (χ1v) is 7.11. The third kappa shape index (κ3) is 3.29. The number of carbonyl (C=O) groups is 1. The zero-order valence-corrected chi connectivity index (χ0v) is 10.9. The molecule has 0 bridgehead atoms. The molecule has 0 amide bonds. The third-order valence-electron chi connectivity index (χ3n) is 4.44. The molecule has 2 aliphatic rings. The lowest BCUT2D eigenvalue weighted by Gasteiger charge is -2.39. The van der Waals surface area contributed by atoms with Crippen LogP contribution in [-0.4, -0.2) is 41.0 Å². The Balaban J connectivity index is 1.97. The summed E-state index contributed by atoms with van der Waals surface area (Å²) < 4.78 is 0. The molecule has 1 saturated carbocycles. The maximum absolute atomic E-state index is 11.5. The van der Waals surface area contributed by atoms with Crippen molar-refractivity contribution >= 4 is 5.78 Å². The van der Waals surface area contributed by atoms with Crippen LogP contribution in [0.3, 0.4) is 0 Å². The number of ketones is 1. The lowest BCUT2D eigenvalue weighted by Crippen LogP contribution is -2.49. The highest BCUT2D eigenvalue weighted by Gasteiger charge is 2.32. The SMILES string of the molecule is CC(=O)C1CCCN(C2CCCCCC2O)C1. The third-order valence-corrected chi connectivity index (χ3v) is 4.44. The average Bonchev–Trinajstić information content (AvgIpc) is 2.54. The van der Waals surface area contributed by atoms with Gasteiger partial charge in [0.2, 0.25) is 0 Å². The molecular formula is C14H25NO2.